The number of piperazine rings is 1. The van der Waals surface area contributed by atoms with Crippen LogP contribution in [0.2, 0.25) is 0 Å². The molecule has 1 fully saturated rings. The molecule has 1 aromatic heterocycles. The molecule has 20 heavy (non-hydrogen) atoms. The summed E-state index contributed by atoms with van der Waals surface area (Å²) in [5.41, 5.74) is 0.965. The second-order valence-corrected chi connectivity index (χ2v) is 6.44. The summed E-state index contributed by atoms with van der Waals surface area (Å²) in [7, 11) is 0. The maximum Gasteiger partial charge on any atom is 0.185 e. The van der Waals surface area contributed by atoms with Crippen LogP contribution in [0.15, 0.2) is 30.5 Å². The lowest BCUT2D eigenvalue weighted by Crippen LogP contribution is -2.52. The summed E-state index contributed by atoms with van der Waals surface area (Å²) in [6.07, 6.45) is 1.92. The molecule has 0 amide bonds. The highest BCUT2D eigenvalue weighted by atomic mass is 32.1. The summed E-state index contributed by atoms with van der Waals surface area (Å²) < 4.78 is 13.3. The molecular formula is C15H18FN3S. The number of aryl methyl sites for hydroxylation is 1. The molecule has 5 heteroatoms. The van der Waals surface area contributed by atoms with Crippen molar-refractivity contribution < 1.29 is 4.39 Å². The van der Waals surface area contributed by atoms with Gasteiger partial charge in [-0.3, -0.25) is 0 Å². The average molecular weight is 291 g/mol. The molecule has 0 radical (unpaired) electrons. The summed E-state index contributed by atoms with van der Waals surface area (Å²) in [6.45, 7) is 6.98. The van der Waals surface area contributed by atoms with Gasteiger partial charge in [-0.15, -0.1) is 11.3 Å². The number of hydrogen-bond acceptors (Lipinski definition) is 4. The molecule has 1 aromatic carbocycles. The van der Waals surface area contributed by atoms with Crippen molar-refractivity contribution in [1.29, 1.82) is 0 Å². The number of hydrogen-bond donors (Lipinski definition) is 0. The van der Waals surface area contributed by atoms with Gasteiger partial charge in [0.15, 0.2) is 5.13 Å². The Morgan fingerprint density at radius 3 is 2.85 bits per heavy atom. The van der Waals surface area contributed by atoms with Crippen molar-refractivity contribution >= 4 is 22.2 Å². The summed E-state index contributed by atoms with van der Waals surface area (Å²) >= 11 is 1.73. The fraction of sp³-hybridized carbons (Fsp3) is 0.400. The van der Waals surface area contributed by atoms with Crippen LogP contribution >= 0.6 is 11.3 Å². The number of rotatable bonds is 2. The second kappa shape index (κ2) is 5.40. The summed E-state index contributed by atoms with van der Waals surface area (Å²) in [4.78, 5) is 10.3. The fourth-order valence-electron chi connectivity index (χ4n) is 2.62. The smallest absolute Gasteiger partial charge is 0.185 e. The van der Waals surface area contributed by atoms with E-state index in [0.717, 1.165) is 30.5 Å². The largest absolute Gasteiger partial charge is 0.368 e. The highest BCUT2D eigenvalue weighted by Gasteiger charge is 2.25. The number of aromatic nitrogens is 1. The summed E-state index contributed by atoms with van der Waals surface area (Å²) in [6, 6.07) is 7.21. The third-order valence-corrected chi connectivity index (χ3v) is 4.61. The average Bonchev–Trinajstić information content (AvgIpc) is 2.85. The second-order valence-electron chi connectivity index (χ2n) is 5.22. The monoisotopic (exact) mass is 291 g/mol. The molecule has 1 atom stereocenters. The van der Waals surface area contributed by atoms with Gasteiger partial charge in [-0.1, -0.05) is 6.07 Å². The highest BCUT2D eigenvalue weighted by Crippen LogP contribution is 2.27. The zero-order valence-corrected chi connectivity index (χ0v) is 12.5. The fourth-order valence-corrected chi connectivity index (χ4v) is 3.51. The number of anilines is 2. The quantitative estimate of drug-likeness (QED) is 0.846. The molecule has 0 bridgehead atoms. The van der Waals surface area contributed by atoms with Crippen LogP contribution in [0, 0.1) is 12.7 Å². The molecule has 1 aliphatic heterocycles. The summed E-state index contributed by atoms with van der Waals surface area (Å²) in [5.74, 6) is -0.173. The molecule has 2 heterocycles. The number of halogens is 1. The zero-order valence-electron chi connectivity index (χ0n) is 11.7. The Labute approximate surface area is 122 Å². The molecule has 1 saturated heterocycles. The van der Waals surface area contributed by atoms with E-state index in [-0.39, 0.29) is 5.82 Å². The normalized spacial score (nSPS) is 19.4. The Kier molecular flexibility index (Phi) is 3.61. The van der Waals surface area contributed by atoms with Gasteiger partial charge in [0.05, 0.1) is 0 Å². The van der Waals surface area contributed by atoms with Crippen molar-refractivity contribution in [3.8, 4) is 0 Å². The zero-order chi connectivity index (χ0) is 14.1. The van der Waals surface area contributed by atoms with E-state index in [1.165, 1.54) is 10.9 Å². The van der Waals surface area contributed by atoms with E-state index in [0.29, 0.717) is 6.04 Å². The molecule has 2 aromatic rings. The van der Waals surface area contributed by atoms with Crippen LogP contribution in [0.3, 0.4) is 0 Å². The topological polar surface area (TPSA) is 19.4 Å². The maximum atomic E-state index is 13.3. The molecule has 1 unspecified atom stereocenters. The summed E-state index contributed by atoms with van der Waals surface area (Å²) in [5, 5.41) is 1.09. The van der Waals surface area contributed by atoms with E-state index in [9.17, 15) is 4.39 Å². The molecule has 106 valence electrons. The van der Waals surface area contributed by atoms with Gasteiger partial charge in [0, 0.05) is 42.4 Å². The predicted octanol–water partition coefficient (Wildman–Crippen LogP) is 3.31. The molecule has 3 rings (SSSR count). The first kappa shape index (κ1) is 13.4. The minimum absolute atomic E-state index is 0.173. The van der Waals surface area contributed by atoms with E-state index < -0.39 is 0 Å². The third kappa shape index (κ3) is 2.63. The van der Waals surface area contributed by atoms with Gasteiger partial charge >= 0.3 is 0 Å². The Morgan fingerprint density at radius 1 is 1.35 bits per heavy atom. The van der Waals surface area contributed by atoms with Crippen molar-refractivity contribution in [2.75, 3.05) is 29.4 Å². The predicted molar refractivity (Wildman–Crippen MR) is 82.3 cm³/mol. The van der Waals surface area contributed by atoms with Gasteiger partial charge in [0.2, 0.25) is 0 Å². The standard InChI is InChI=1S/C15H18FN3S/c1-11-10-18(14-5-3-4-13(16)8-14)6-7-19(11)15-17-9-12(2)20-15/h3-5,8-9,11H,6-7,10H2,1-2H3. The van der Waals surface area contributed by atoms with Crippen molar-refractivity contribution in [2.24, 2.45) is 0 Å². The molecule has 0 N–H and O–H groups in total. The van der Waals surface area contributed by atoms with E-state index in [2.05, 4.69) is 28.6 Å². The minimum atomic E-state index is -0.173. The van der Waals surface area contributed by atoms with Crippen molar-refractivity contribution in [3.05, 3.63) is 41.2 Å². The number of thiazole rings is 1. The Bertz CT molecular complexity index is 598. The van der Waals surface area contributed by atoms with E-state index in [1.807, 2.05) is 12.3 Å². The molecule has 0 saturated carbocycles. The van der Waals surface area contributed by atoms with Crippen molar-refractivity contribution in [1.82, 2.24) is 4.98 Å². The van der Waals surface area contributed by atoms with Gasteiger partial charge in [-0.2, -0.15) is 0 Å². The van der Waals surface area contributed by atoms with Crippen molar-refractivity contribution in [3.63, 3.8) is 0 Å². The van der Waals surface area contributed by atoms with Crippen LogP contribution in [0.25, 0.3) is 0 Å². The third-order valence-electron chi connectivity index (χ3n) is 3.66. The van der Waals surface area contributed by atoms with E-state index in [4.69, 9.17) is 0 Å². The minimum Gasteiger partial charge on any atom is -0.368 e. The first-order valence-electron chi connectivity index (χ1n) is 6.83. The van der Waals surface area contributed by atoms with Gasteiger partial charge in [-0.05, 0) is 32.0 Å². The van der Waals surface area contributed by atoms with Crippen LogP contribution < -0.4 is 9.80 Å². The van der Waals surface area contributed by atoms with Crippen LogP contribution in [-0.4, -0.2) is 30.7 Å². The van der Waals surface area contributed by atoms with Crippen molar-refractivity contribution in [2.45, 2.75) is 19.9 Å². The number of nitrogens with zero attached hydrogens (tertiary/aromatic N) is 3. The first-order valence-corrected chi connectivity index (χ1v) is 7.65. The number of benzene rings is 1. The van der Waals surface area contributed by atoms with Gasteiger partial charge in [0.25, 0.3) is 0 Å². The lowest BCUT2D eigenvalue weighted by atomic mass is 10.1. The first-order chi connectivity index (χ1) is 9.63. The van der Waals surface area contributed by atoms with Crippen LogP contribution in [0.1, 0.15) is 11.8 Å². The van der Waals surface area contributed by atoms with Gasteiger partial charge < -0.3 is 9.80 Å². The molecule has 0 spiro atoms. The van der Waals surface area contributed by atoms with E-state index in [1.54, 1.807) is 23.5 Å². The lowest BCUT2D eigenvalue weighted by Gasteiger charge is -2.40. The van der Waals surface area contributed by atoms with E-state index >= 15 is 0 Å². The van der Waals surface area contributed by atoms with Gasteiger partial charge in [0.1, 0.15) is 5.82 Å². The lowest BCUT2D eigenvalue weighted by molar-refractivity contribution is 0.548. The SMILES string of the molecule is Cc1cnc(N2CCN(c3cccc(F)c3)CC2C)s1. The molecule has 3 nitrogen and oxygen atoms in total. The molecular weight excluding hydrogens is 273 g/mol. The van der Waals surface area contributed by atoms with Crippen LogP contribution in [-0.2, 0) is 0 Å². The van der Waals surface area contributed by atoms with Crippen LogP contribution in [0.5, 0.6) is 0 Å². The Balaban J connectivity index is 1.73. The highest BCUT2D eigenvalue weighted by molar-refractivity contribution is 7.15. The Hall–Kier alpha value is -1.62. The van der Waals surface area contributed by atoms with Gasteiger partial charge in [-0.25, -0.2) is 9.37 Å². The van der Waals surface area contributed by atoms with Crippen LogP contribution in [0.4, 0.5) is 15.2 Å². The maximum absolute atomic E-state index is 13.3. The Morgan fingerprint density at radius 2 is 2.20 bits per heavy atom. The molecule has 0 aliphatic carbocycles. The molecule has 1 aliphatic rings.